The smallest absolute Gasteiger partial charge is 0.287 e. The van der Waals surface area contributed by atoms with E-state index < -0.39 is 0 Å². The lowest BCUT2D eigenvalue weighted by atomic mass is 10.1. The van der Waals surface area contributed by atoms with Crippen molar-refractivity contribution in [3.05, 3.63) is 77.0 Å². The minimum atomic E-state index is -0.267. The van der Waals surface area contributed by atoms with Crippen molar-refractivity contribution in [1.29, 1.82) is 0 Å². The van der Waals surface area contributed by atoms with Crippen molar-refractivity contribution in [2.24, 2.45) is 0 Å². The quantitative estimate of drug-likeness (QED) is 0.532. The predicted molar refractivity (Wildman–Crippen MR) is 107 cm³/mol. The molecule has 0 saturated carbocycles. The third-order valence-corrected chi connectivity index (χ3v) is 4.33. The van der Waals surface area contributed by atoms with Crippen molar-refractivity contribution in [2.75, 3.05) is 13.2 Å². The second kappa shape index (κ2) is 9.28. The Morgan fingerprint density at radius 1 is 1.04 bits per heavy atom. The molecule has 0 aliphatic carbocycles. The Labute approximate surface area is 164 Å². The number of carbonyl (C=O) groups excluding carboxylic acids is 1. The van der Waals surface area contributed by atoms with Crippen molar-refractivity contribution >= 4 is 17.5 Å². The van der Waals surface area contributed by atoms with E-state index in [1.165, 1.54) is 5.56 Å². The third-order valence-electron chi connectivity index (χ3n) is 4.08. The number of nitrogens with one attached hydrogen (secondary N) is 1. The van der Waals surface area contributed by atoms with E-state index in [2.05, 4.69) is 24.4 Å². The summed E-state index contributed by atoms with van der Waals surface area (Å²) in [4.78, 5) is 12.2. The van der Waals surface area contributed by atoms with Gasteiger partial charge in [-0.2, -0.15) is 0 Å². The van der Waals surface area contributed by atoms with Crippen molar-refractivity contribution in [3.63, 3.8) is 0 Å². The number of amides is 1. The van der Waals surface area contributed by atoms with Gasteiger partial charge < -0.3 is 14.5 Å². The first kappa shape index (κ1) is 19.1. The van der Waals surface area contributed by atoms with Crippen LogP contribution in [0.3, 0.4) is 0 Å². The van der Waals surface area contributed by atoms with Crippen LogP contribution >= 0.6 is 11.6 Å². The number of rotatable bonds is 8. The number of hydrogen-bond acceptors (Lipinski definition) is 3. The van der Waals surface area contributed by atoms with Gasteiger partial charge in [-0.05, 0) is 60.5 Å². The second-order valence-corrected chi connectivity index (χ2v) is 6.61. The topological polar surface area (TPSA) is 51.5 Å². The number of furan rings is 1. The molecule has 4 nitrogen and oxygen atoms in total. The Hall–Kier alpha value is -2.72. The molecule has 0 atom stereocenters. The van der Waals surface area contributed by atoms with Gasteiger partial charge in [0.05, 0.1) is 6.54 Å². The first-order valence-electron chi connectivity index (χ1n) is 9.01. The Kier molecular flexibility index (Phi) is 6.55. The van der Waals surface area contributed by atoms with Gasteiger partial charge in [-0.25, -0.2) is 0 Å². The molecule has 0 bridgehead atoms. The maximum absolute atomic E-state index is 12.2. The third kappa shape index (κ3) is 5.38. The fourth-order valence-corrected chi connectivity index (χ4v) is 2.82. The average Bonchev–Trinajstić information content (AvgIpc) is 3.17. The van der Waals surface area contributed by atoms with E-state index in [0.717, 1.165) is 24.2 Å². The van der Waals surface area contributed by atoms with Crippen LogP contribution in [0.2, 0.25) is 5.02 Å². The van der Waals surface area contributed by atoms with E-state index >= 15 is 0 Å². The lowest BCUT2D eigenvalue weighted by molar-refractivity contribution is 0.0920. The van der Waals surface area contributed by atoms with Gasteiger partial charge in [0.25, 0.3) is 5.91 Å². The van der Waals surface area contributed by atoms with E-state index in [1.54, 1.807) is 24.3 Å². The van der Waals surface area contributed by atoms with Crippen LogP contribution in [0.1, 0.15) is 29.5 Å². The maximum atomic E-state index is 12.2. The monoisotopic (exact) mass is 383 g/mol. The van der Waals surface area contributed by atoms with Gasteiger partial charge in [0.2, 0.25) is 0 Å². The Bertz CT molecular complexity index is 869. The molecule has 0 unspecified atom stereocenters. The number of aryl methyl sites for hydroxylation is 1. The number of benzene rings is 2. The molecular weight excluding hydrogens is 362 g/mol. The first-order valence-corrected chi connectivity index (χ1v) is 9.39. The van der Waals surface area contributed by atoms with Crippen LogP contribution in [0.15, 0.2) is 65.1 Å². The van der Waals surface area contributed by atoms with Crippen LogP contribution in [0.25, 0.3) is 11.3 Å². The molecule has 0 fully saturated rings. The van der Waals surface area contributed by atoms with E-state index in [-0.39, 0.29) is 11.7 Å². The molecule has 3 rings (SSSR count). The lowest BCUT2D eigenvalue weighted by Gasteiger charge is -2.08. The van der Waals surface area contributed by atoms with Gasteiger partial charge >= 0.3 is 0 Å². The standard InChI is InChI=1S/C22H22ClNO3/c1-2-3-16-4-10-19(11-5-16)26-15-14-24-22(25)21-13-12-20(27-21)17-6-8-18(23)9-7-17/h4-13H,2-3,14-15H2,1H3,(H,24,25). The average molecular weight is 384 g/mol. The van der Waals surface area contributed by atoms with Crippen LogP contribution in [0.4, 0.5) is 0 Å². The summed E-state index contributed by atoms with van der Waals surface area (Å²) in [6, 6.07) is 18.7. The molecule has 5 heteroatoms. The fraction of sp³-hybridized carbons (Fsp3) is 0.227. The summed E-state index contributed by atoms with van der Waals surface area (Å²) >= 11 is 5.89. The van der Waals surface area contributed by atoms with Crippen LogP contribution in [-0.2, 0) is 6.42 Å². The van der Waals surface area contributed by atoms with Crippen LogP contribution in [0.5, 0.6) is 5.75 Å². The number of hydrogen-bond donors (Lipinski definition) is 1. The van der Waals surface area contributed by atoms with Crippen molar-refractivity contribution in [2.45, 2.75) is 19.8 Å². The zero-order valence-corrected chi connectivity index (χ0v) is 16.0. The van der Waals surface area contributed by atoms with Crippen molar-refractivity contribution in [3.8, 4) is 17.1 Å². The Morgan fingerprint density at radius 3 is 2.48 bits per heavy atom. The highest BCUT2D eigenvalue weighted by Crippen LogP contribution is 2.23. The maximum Gasteiger partial charge on any atom is 0.287 e. The Balaban J connectivity index is 1.46. The molecule has 1 amide bonds. The molecule has 1 heterocycles. The van der Waals surface area contributed by atoms with Gasteiger partial charge in [-0.1, -0.05) is 37.1 Å². The van der Waals surface area contributed by atoms with E-state index in [9.17, 15) is 4.79 Å². The van der Waals surface area contributed by atoms with Crippen molar-refractivity contribution in [1.82, 2.24) is 5.32 Å². The van der Waals surface area contributed by atoms with Crippen LogP contribution in [0, 0.1) is 0 Å². The minimum absolute atomic E-state index is 0.267. The molecule has 0 aliphatic heterocycles. The normalized spacial score (nSPS) is 10.6. The molecule has 2 aromatic carbocycles. The van der Waals surface area contributed by atoms with Crippen LogP contribution < -0.4 is 10.1 Å². The van der Waals surface area contributed by atoms with Gasteiger partial charge in [-0.3, -0.25) is 4.79 Å². The van der Waals surface area contributed by atoms with Crippen molar-refractivity contribution < 1.29 is 13.9 Å². The summed E-state index contributed by atoms with van der Waals surface area (Å²) in [5.41, 5.74) is 2.17. The highest BCUT2D eigenvalue weighted by molar-refractivity contribution is 6.30. The lowest BCUT2D eigenvalue weighted by Crippen LogP contribution is -2.27. The predicted octanol–water partition coefficient (Wildman–Crippen LogP) is 5.36. The highest BCUT2D eigenvalue weighted by Gasteiger charge is 2.11. The zero-order valence-electron chi connectivity index (χ0n) is 15.2. The summed E-state index contributed by atoms with van der Waals surface area (Å²) in [5, 5.41) is 3.45. The summed E-state index contributed by atoms with van der Waals surface area (Å²) in [5.74, 6) is 1.42. The van der Waals surface area contributed by atoms with Gasteiger partial charge in [0, 0.05) is 10.6 Å². The second-order valence-electron chi connectivity index (χ2n) is 6.17. The molecule has 0 radical (unpaired) electrons. The fourth-order valence-electron chi connectivity index (χ4n) is 2.69. The molecule has 0 aliphatic rings. The highest BCUT2D eigenvalue weighted by atomic mass is 35.5. The number of carbonyl (C=O) groups is 1. The molecule has 3 aromatic rings. The molecule has 0 saturated heterocycles. The van der Waals surface area contributed by atoms with Gasteiger partial charge in [-0.15, -0.1) is 0 Å². The molecule has 0 spiro atoms. The van der Waals surface area contributed by atoms with Gasteiger partial charge in [0.15, 0.2) is 5.76 Å². The molecule has 27 heavy (non-hydrogen) atoms. The minimum Gasteiger partial charge on any atom is -0.492 e. The number of ether oxygens (including phenoxy) is 1. The molecular formula is C22H22ClNO3. The molecule has 1 aromatic heterocycles. The number of halogens is 1. The summed E-state index contributed by atoms with van der Waals surface area (Å²) in [6.07, 6.45) is 2.19. The van der Waals surface area contributed by atoms with E-state index in [1.807, 2.05) is 24.3 Å². The summed E-state index contributed by atoms with van der Waals surface area (Å²) in [7, 11) is 0. The first-order chi connectivity index (χ1) is 13.2. The van der Waals surface area contributed by atoms with E-state index in [0.29, 0.717) is 23.9 Å². The SMILES string of the molecule is CCCc1ccc(OCCNC(=O)c2ccc(-c3ccc(Cl)cc3)o2)cc1. The van der Waals surface area contributed by atoms with Crippen LogP contribution in [-0.4, -0.2) is 19.1 Å². The summed E-state index contributed by atoms with van der Waals surface area (Å²) < 4.78 is 11.3. The van der Waals surface area contributed by atoms with E-state index in [4.69, 9.17) is 20.8 Å². The van der Waals surface area contributed by atoms with Gasteiger partial charge in [0.1, 0.15) is 18.1 Å². The molecule has 140 valence electrons. The Morgan fingerprint density at radius 2 is 1.78 bits per heavy atom. The largest absolute Gasteiger partial charge is 0.492 e. The zero-order chi connectivity index (χ0) is 19.1. The summed E-state index contributed by atoms with van der Waals surface area (Å²) in [6.45, 7) is 2.95. The molecule has 1 N–H and O–H groups in total.